The van der Waals surface area contributed by atoms with Gasteiger partial charge < -0.3 is 13.9 Å². The number of carbonyl (C=O) groups is 1. The first-order valence-corrected chi connectivity index (χ1v) is 9.23. The maximum Gasteiger partial charge on any atom is 0.235 e. The number of benzene rings is 3. The van der Waals surface area contributed by atoms with Gasteiger partial charge in [0, 0.05) is 11.6 Å². The first-order chi connectivity index (χ1) is 14.5. The van der Waals surface area contributed by atoms with Crippen molar-refractivity contribution in [2.24, 2.45) is 0 Å². The minimum absolute atomic E-state index is 0.0297. The van der Waals surface area contributed by atoms with Crippen molar-refractivity contribution < 1.29 is 23.1 Å². The molecule has 0 unspecified atom stereocenters. The fourth-order valence-electron chi connectivity index (χ4n) is 2.95. The van der Waals surface area contributed by atoms with Crippen LogP contribution in [0.15, 0.2) is 82.0 Å². The number of hydrogen-bond acceptors (Lipinski definition) is 5. The van der Waals surface area contributed by atoms with E-state index in [9.17, 15) is 14.0 Å². The summed E-state index contributed by atoms with van der Waals surface area (Å²) in [5, 5.41) is 0.305. The predicted molar refractivity (Wildman–Crippen MR) is 110 cm³/mol. The number of hydrogen-bond donors (Lipinski definition) is 0. The summed E-state index contributed by atoms with van der Waals surface area (Å²) >= 11 is 0. The van der Waals surface area contributed by atoms with Gasteiger partial charge in [0.15, 0.2) is 12.4 Å². The third kappa shape index (κ3) is 4.07. The van der Waals surface area contributed by atoms with Gasteiger partial charge in [0.05, 0.1) is 5.39 Å². The van der Waals surface area contributed by atoms with Gasteiger partial charge in [-0.05, 0) is 43.3 Å². The number of ketones is 1. The highest BCUT2D eigenvalue weighted by Gasteiger charge is 2.15. The van der Waals surface area contributed by atoms with Gasteiger partial charge in [0.25, 0.3) is 0 Å². The lowest BCUT2D eigenvalue weighted by Gasteiger charge is -2.10. The molecule has 4 aromatic rings. The van der Waals surface area contributed by atoms with Crippen LogP contribution in [0.2, 0.25) is 0 Å². The van der Waals surface area contributed by atoms with Crippen LogP contribution in [0, 0.1) is 12.7 Å². The minimum atomic E-state index is -0.400. The molecule has 6 heteroatoms. The Morgan fingerprint density at radius 1 is 0.967 bits per heavy atom. The van der Waals surface area contributed by atoms with Crippen LogP contribution in [0.3, 0.4) is 0 Å². The van der Waals surface area contributed by atoms with Crippen LogP contribution in [0.4, 0.5) is 4.39 Å². The number of Topliss-reactive ketones (excluding diaryl/α,β-unsaturated/α-hetero) is 1. The zero-order valence-electron chi connectivity index (χ0n) is 16.1. The molecule has 0 bridgehead atoms. The van der Waals surface area contributed by atoms with Crippen molar-refractivity contribution >= 4 is 16.8 Å². The van der Waals surface area contributed by atoms with Crippen LogP contribution >= 0.6 is 0 Å². The number of carbonyl (C=O) groups excluding carboxylic acids is 1. The monoisotopic (exact) mass is 404 g/mol. The van der Waals surface area contributed by atoms with Gasteiger partial charge in [-0.15, -0.1) is 0 Å². The molecular formula is C24H17FO5. The highest BCUT2D eigenvalue weighted by Crippen LogP contribution is 2.27. The lowest BCUT2D eigenvalue weighted by molar-refractivity contribution is 0.0921. The zero-order valence-corrected chi connectivity index (χ0v) is 16.1. The van der Waals surface area contributed by atoms with Crippen LogP contribution in [-0.4, -0.2) is 12.4 Å². The van der Waals surface area contributed by atoms with E-state index < -0.39 is 5.82 Å². The van der Waals surface area contributed by atoms with E-state index in [4.69, 9.17) is 13.9 Å². The highest BCUT2D eigenvalue weighted by atomic mass is 19.1. The van der Waals surface area contributed by atoms with Gasteiger partial charge in [-0.2, -0.15) is 0 Å². The van der Waals surface area contributed by atoms with Gasteiger partial charge in [-0.25, -0.2) is 4.39 Å². The van der Waals surface area contributed by atoms with E-state index in [-0.39, 0.29) is 29.3 Å². The van der Waals surface area contributed by atoms with E-state index in [0.717, 1.165) is 0 Å². The van der Waals surface area contributed by atoms with Crippen LogP contribution in [0.5, 0.6) is 17.2 Å². The van der Waals surface area contributed by atoms with Crippen molar-refractivity contribution in [1.82, 2.24) is 0 Å². The van der Waals surface area contributed by atoms with Crippen molar-refractivity contribution in [2.45, 2.75) is 6.92 Å². The summed E-state index contributed by atoms with van der Waals surface area (Å²) in [4.78, 5) is 25.0. The van der Waals surface area contributed by atoms with Crippen LogP contribution in [-0.2, 0) is 0 Å². The summed E-state index contributed by atoms with van der Waals surface area (Å²) in [7, 11) is 0. The molecule has 150 valence electrons. The lowest BCUT2D eigenvalue weighted by atomic mass is 10.1. The molecule has 0 aliphatic carbocycles. The normalized spacial score (nSPS) is 10.7. The molecule has 0 fully saturated rings. The molecule has 0 radical (unpaired) electrons. The Morgan fingerprint density at radius 2 is 1.67 bits per heavy atom. The fraction of sp³-hybridized carbons (Fsp3) is 0.0833. The molecule has 0 saturated heterocycles. The molecular weight excluding hydrogens is 387 g/mol. The van der Waals surface area contributed by atoms with Crippen LogP contribution in [0.1, 0.15) is 16.1 Å². The molecule has 5 nitrogen and oxygen atoms in total. The van der Waals surface area contributed by atoms with Crippen molar-refractivity contribution in [3.8, 4) is 17.2 Å². The van der Waals surface area contributed by atoms with Gasteiger partial charge >= 0.3 is 0 Å². The Hall–Kier alpha value is -3.93. The van der Waals surface area contributed by atoms with E-state index in [1.54, 1.807) is 49.4 Å². The average Bonchev–Trinajstić information content (AvgIpc) is 2.76. The van der Waals surface area contributed by atoms with E-state index in [1.807, 2.05) is 6.07 Å². The fourth-order valence-corrected chi connectivity index (χ4v) is 2.95. The molecule has 1 aromatic heterocycles. The van der Waals surface area contributed by atoms with Crippen molar-refractivity contribution in [1.29, 1.82) is 0 Å². The first kappa shape index (κ1) is 19.4. The van der Waals surface area contributed by atoms with Crippen molar-refractivity contribution in [3.63, 3.8) is 0 Å². The Labute approximate surface area is 171 Å². The number of aryl methyl sites for hydroxylation is 1. The van der Waals surface area contributed by atoms with Crippen LogP contribution in [0.25, 0.3) is 11.0 Å². The highest BCUT2D eigenvalue weighted by molar-refractivity contribution is 5.97. The summed E-state index contributed by atoms with van der Waals surface area (Å²) < 4.78 is 30.0. The molecule has 0 aliphatic heterocycles. The standard InChI is InChI=1S/C24H17FO5/c1-15-24(30-18-9-7-17(25)8-10-18)23(27)20-12-11-19(13-22(20)29-15)28-14-21(26)16-5-3-2-4-6-16/h2-13H,14H2,1H3. The smallest absolute Gasteiger partial charge is 0.235 e. The predicted octanol–water partition coefficient (Wildman–Crippen LogP) is 5.29. The van der Waals surface area contributed by atoms with Crippen molar-refractivity contribution in [2.75, 3.05) is 6.61 Å². The average molecular weight is 404 g/mol. The van der Waals surface area contributed by atoms with Gasteiger partial charge in [0.1, 0.15) is 28.7 Å². The zero-order chi connectivity index (χ0) is 21.1. The summed E-state index contributed by atoms with van der Waals surface area (Å²) in [6, 6.07) is 18.9. The molecule has 30 heavy (non-hydrogen) atoms. The second-order valence-electron chi connectivity index (χ2n) is 6.61. The molecule has 1 heterocycles. The molecule has 0 N–H and O–H groups in total. The van der Waals surface area contributed by atoms with Crippen LogP contribution < -0.4 is 14.9 Å². The molecule has 0 atom stereocenters. The van der Waals surface area contributed by atoms with E-state index >= 15 is 0 Å². The van der Waals surface area contributed by atoms with E-state index in [2.05, 4.69) is 0 Å². The summed E-state index contributed by atoms with van der Waals surface area (Å²) in [5.74, 6) is 0.475. The van der Waals surface area contributed by atoms with Gasteiger partial charge in [-0.1, -0.05) is 30.3 Å². The number of ether oxygens (including phenoxy) is 2. The lowest BCUT2D eigenvalue weighted by Crippen LogP contribution is -2.12. The topological polar surface area (TPSA) is 65.7 Å². The Bertz CT molecular complexity index is 1260. The minimum Gasteiger partial charge on any atom is -0.485 e. The molecule has 0 saturated carbocycles. The second-order valence-corrected chi connectivity index (χ2v) is 6.61. The number of halogens is 1. The van der Waals surface area contributed by atoms with E-state index in [0.29, 0.717) is 28.0 Å². The third-order valence-corrected chi connectivity index (χ3v) is 4.49. The van der Waals surface area contributed by atoms with Gasteiger partial charge in [0.2, 0.25) is 11.2 Å². The Morgan fingerprint density at radius 3 is 2.40 bits per heavy atom. The molecule has 3 aromatic carbocycles. The molecule has 4 rings (SSSR count). The largest absolute Gasteiger partial charge is 0.485 e. The SMILES string of the molecule is Cc1oc2cc(OCC(=O)c3ccccc3)ccc2c(=O)c1Oc1ccc(F)cc1. The maximum atomic E-state index is 13.1. The first-order valence-electron chi connectivity index (χ1n) is 9.23. The molecule has 0 spiro atoms. The maximum absolute atomic E-state index is 13.1. The van der Waals surface area contributed by atoms with E-state index in [1.165, 1.54) is 24.3 Å². The third-order valence-electron chi connectivity index (χ3n) is 4.49. The quantitative estimate of drug-likeness (QED) is 0.408. The number of rotatable bonds is 6. The molecule has 0 aliphatic rings. The van der Waals surface area contributed by atoms with Gasteiger partial charge in [-0.3, -0.25) is 9.59 Å². The second kappa shape index (κ2) is 8.21. The van der Waals surface area contributed by atoms with Crippen molar-refractivity contribution in [3.05, 3.63) is 100 Å². The Kier molecular flexibility index (Phi) is 5.30. The Balaban J connectivity index is 1.57. The summed E-state index contributed by atoms with van der Waals surface area (Å²) in [6.07, 6.45) is 0. The summed E-state index contributed by atoms with van der Waals surface area (Å²) in [5.41, 5.74) is 0.516. The molecule has 0 amide bonds. The summed E-state index contributed by atoms with van der Waals surface area (Å²) in [6.45, 7) is 1.47. The number of fused-ring (bicyclic) bond motifs is 1.